The van der Waals surface area contributed by atoms with Gasteiger partial charge in [0.25, 0.3) is 0 Å². The number of likely N-dealkylation sites (N-methyl/N-ethyl adjacent to an activating group) is 1. The molecule has 1 aliphatic carbocycles. The molecule has 0 spiro atoms. The summed E-state index contributed by atoms with van der Waals surface area (Å²) in [4.78, 5) is 40.4. The predicted octanol–water partition coefficient (Wildman–Crippen LogP) is 4.51. The first-order chi connectivity index (χ1) is 18.7. The standard InChI is InChI=1S/C29H34F2N4O4/c1-19-26(28(37)39-3)27(22-11-14-24(30)25(31)17-22)35(29(38)32-19)34(18-36)16-15-33(2)23-12-9-21(10-13-23)20-7-5-4-6-8-20/h4-8,11,14,17-18,21,23,27H,9-10,12-13,15-16H2,1-3H3,(H,32,38). The number of hydrogen-bond acceptors (Lipinski definition) is 5. The zero-order valence-electron chi connectivity index (χ0n) is 22.4. The Balaban J connectivity index is 1.51. The lowest BCUT2D eigenvalue weighted by Gasteiger charge is -2.43. The number of hydrazine groups is 1. The van der Waals surface area contributed by atoms with E-state index < -0.39 is 29.7 Å². The number of allylic oxidation sites excluding steroid dienone is 1. The van der Waals surface area contributed by atoms with Crippen LogP contribution in [0.3, 0.4) is 0 Å². The number of halogens is 2. The normalized spacial score (nSPS) is 21.5. The van der Waals surface area contributed by atoms with Crippen LogP contribution in [0.5, 0.6) is 0 Å². The maximum absolute atomic E-state index is 14.2. The van der Waals surface area contributed by atoms with Crippen molar-refractivity contribution in [2.24, 2.45) is 0 Å². The third-order valence-electron chi connectivity index (χ3n) is 7.76. The van der Waals surface area contributed by atoms with Crippen LogP contribution in [0, 0.1) is 11.6 Å². The van der Waals surface area contributed by atoms with Gasteiger partial charge >= 0.3 is 12.0 Å². The highest BCUT2D eigenvalue weighted by Crippen LogP contribution is 2.36. The topological polar surface area (TPSA) is 82.2 Å². The Morgan fingerprint density at radius 3 is 2.36 bits per heavy atom. The molecule has 1 fully saturated rings. The van der Waals surface area contributed by atoms with Gasteiger partial charge in [-0.3, -0.25) is 9.80 Å². The lowest BCUT2D eigenvalue weighted by Crippen LogP contribution is -2.57. The quantitative estimate of drug-likeness (QED) is 0.374. The number of amides is 3. The molecule has 1 heterocycles. The van der Waals surface area contributed by atoms with Crippen LogP contribution in [-0.2, 0) is 14.3 Å². The summed E-state index contributed by atoms with van der Waals surface area (Å²) in [5.41, 5.74) is 1.70. The van der Waals surface area contributed by atoms with Crippen molar-refractivity contribution in [1.82, 2.24) is 20.2 Å². The monoisotopic (exact) mass is 540 g/mol. The van der Waals surface area contributed by atoms with E-state index in [1.54, 1.807) is 0 Å². The smallest absolute Gasteiger partial charge is 0.341 e. The fourth-order valence-electron chi connectivity index (χ4n) is 5.59. The number of urea groups is 1. The van der Waals surface area contributed by atoms with Crippen LogP contribution in [-0.4, -0.2) is 66.6 Å². The first kappa shape index (κ1) is 28.2. The molecule has 4 rings (SSSR count). The van der Waals surface area contributed by atoms with Crippen LogP contribution in [0.4, 0.5) is 13.6 Å². The third kappa shape index (κ3) is 6.11. The van der Waals surface area contributed by atoms with E-state index in [2.05, 4.69) is 34.5 Å². The molecule has 3 amide bonds. The zero-order valence-corrected chi connectivity index (χ0v) is 22.4. The van der Waals surface area contributed by atoms with Gasteiger partial charge in [-0.2, -0.15) is 0 Å². The maximum Gasteiger partial charge on any atom is 0.341 e. The Kier molecular flexibility index (Phi) is 8.96. The first-order valence-corrected chi connectivity index (χ1v) is 13.1. The summed E-state index contributed by atoms with van der Waals surface area (Å²) in [6.45, 7) is 2.11. The summed E-state index contributed by atoms with van der Waals surface area (Å²) >= 11 is 0. The minimum Gasteiger partial charge on any atom is -0.466 e. The summed E-state index contributed by atoms with van der Waals surface area (Å²) in [6, 6.07) is 12.1. The highest BCUT2D eigenvalue weighted by Gasteiger charge is 2.41. The molecule has 1 saturated carbocycles. The summed E-state index contributed by atoms with van der Waals surface area (Å²) in [6.07, 6.45) is 4.65. The number of methoxy groups -OCH3 is 1. The van der Waals surface area contributed by atoms with Gasteiger partial charge in [0.15, 0.2) is 11.6 Å². The van der Waals surface area contributed by atoms with Crippen molar-refractivity contribution in [3.8, 4) is 0 Å². The van der Waals surface area contributed by atoms with Gasteiger partial charge in [0, 0.05) is 18.3 Å². The van der Waals surface area contributed by atoms with E-state index in [1.165, 1.54) is 30.7 Å². The molecule has 2 aliphatic rings. The van der Waals surface area contributed by atoms with Gasteiger partial charge in [-0.25, -0.2) is 23.4 Å². The Labute approximate surface area is 227 Å². The molecule has 1 atom stereocenters. The van der Waals surface area contributed by atoms with Gasteiger partial charge in [-0.05, 0) is 68.8 Å². The molecule has 1 N–H and O–H groups in total. The summed E-state index contributed by atoms with van der Waals surface area (Å²) in [7, 11) is 3.17. The fourth-order valence-corrected chi connectivity index (χ4v) is 5.59. The van der Waals surface area contributed by atoms with Crippen LogP contribution >= 0.6 is 0 Å². The number of hydrogen-bond donors (Lipinski definition) is 1. The molecule has 0 radical (unpaired) electrons. The number of ether oxygens (including phenoxy) is 1. The van der Waals surface area contributed by atoms with Gasteiger partial charge in [0.05, 0.1) is 19.2 Å². The average molecular weight is 541 g/mol. The van der Waals surface area contributed by atoms with Gasteiger partial charge in [-0.15, -0.1) is 0 Å². The molecule has 1 unspecified atom stereocenters. The van der Waals surface area contributed by atoms with Crippen molar-refractivity contribution in [1.29, 1.82) is 0 Å². The first-order valence-electron chi connectivity index (χ1n) is 13.1. The van der Waals surface area contributed by atoms with Gasteiger partial charge in [0.1, 0.15) is 6.04 Å². The van der Waals surface area contributed by atoms with E-state index in [0.29, 0.717) is 24.9 Å². The van der Waals surface area contributed by atoms with E-state index >= 15 is 0 Å². The van der Waals surface area contributed by atoms with E-state index in [-0.39, 0.29) is 23.4 Å². The van der Waals surface area contributed by atoms with Crippen molar-refractivity contribution in [2.45, 2.75) is 50.6 Å². The second kappa shape index (κ2) is 12.4. The van der Waals surface area contributed by atoms with E-state index in [0.717, 1.165) is 42.8 Å². The van der Waals surface area contributed by atoms with Gasteiger partial charge < -0.3 is 15.0 Å². The Morgan fingerprint density at radius 1 is 1.05 bits per heavy atom. The lowest BCUT2D eigenvalue weighted by molar-refractivity contribution is -0.141. The van der Waals surface area contributed by atoms with Crippen molar-refractivity contribution in [3.05, 3.63) is 82.6 Å². The van der Waals surface area contributed by atoms with Crippen LogP contribution in [0.2, 0.25) is 0 Å². The zero-order chi connectivity index (χ0) is 28.1. The van der Waals surface area contributed by atoms with Crippen molar-refractivity contribution in [3.63, 3.8) is 0 Å². The Bertz CT molecular complexity index is 1230. The minimum atomic E-state index is -1.20. The summed E-state index contributed by atoms with van der Waals surface area (Å²) in [5, 5.41) is 4.83. The highest BCUT2D eigenvalue weighted by molar-refractivity contribution is 5.95. The molecule has 1 aliphatic heterocycles. The average Bonchev–Trinajstić information content (AvgIpc) is 2.95. The van der Waals surface area contributed by atoms with Gasteiger partial charge in [0.2, 0.25) is 6.41 Å². The van der Waals surface area contributed by atoms with Crippen molar-refractivity contribution < 1.29 is 27.9 Å². The molecule has 0 saturated heterocycles. The van der Waals surface area contributed by atoms with Crippen LogP contribution in [0.15, 0.2) is 59.8 Å². The molecule has 0 aromatic heterocycles. The largest absolute Gasteiger partial charge is 0.466 e. The SMILES string of the molecule is COC(=O)C1=C(C)NC(=O)N(N(C=O)CCN(C)C2CCC(c3ccccc3)CC2)C1c1ccc(F)c(F)c1. The maximum atomic E-state index is 14.2. The molecule has 2 aromatic rings. The van der Waals surface area contributed by atoms with Crippen LogP contribution in [0.25, 0.3) is 0 Å². The van der Waals surface area contributed by atoms with E-state index in [9.17, 15) is 23.2 Å². The molecular weight excluding hydrogens is 506 g/mol. The molecule has 10 heteroatoms. The van der Waals surface area contributed by atoms with Gasteiger partial charge in [-0.1, -0.05) is 36.4 Å². The number of nitrogens with one attached hydrogen (secondary N) is 1. The van der Waals surface area contributed by atoms with E-state index in [4.69, 9.17) is 4.74 Å². The molecular formula is C29H34F2N4O4. The number of rotatable bonds is 9. The van der Waals surface area contributed by atoms with E-state index in [1.807, 2.05) is 13.1 Å². The lowest BCUT2D eigenvalue weighted by atomic mass is 9.81. The predicted molar refractivity (Wildman–Crippen MR) is 141 cm³/mol. The number of nitrogens with zero attached hydrogens (tertiary/aromatic N) is 3. The van der Waals surface area contributed by atoms with Crippen LogP contribution in [0.1, 0.15) is 55.7 Å². The summed E-state index contributed by atoms with van der Waals surface area (Å²) in [5.74, 6) is -2.43. The molecule has 0 bridgehead atoms. The number of benzene rings is 2. The third-order valence-corrected chi connectivity index (χ3v) is 7.76. The molecule has 8 nitrogen and oxygen atoms in total. The Morgan fingerprint density at radius 2 is 1.74 bits per heavy atom. The molecule has 208 valence electrons. The fraction of sp³-hybridized carbons (Fsp3) is 0.414. The molecule has 2 aromatic carbocycles. The number of carbonyl (C=O) groups is 3. The second-order valence-corrected chi connectivity index (χ2v) is 10.0. The van der Waals surface area contributed by atoms with Crippen molar-refractivity contribution >= 4 is 18.4 Å². The highest BCUT2D eigenvalue weighted by atomic mass is 19.2. The number of carbonyl (C=O) groups excluding carboxylic acids is 3. The van der Waals surface area contributed by atoms with Crippen LogP contribution < -0.4 is 5.32 Å². The number of esters is 1. The Hall–Kier alpha value is -3.79. The minimum absolute atomic E-state index is 0.0162. The summed E-state index contributed by atoms with van der Waals surface area (Å²) < 4.78 is 32.9. The second-order valence-electron chi connectivity index (χ2n) is 10.0. The molecule has 39 heavy (non-hydrogen) atoms. The van der Waals surface area contributed by atoms with Crippen molar-refractivity contribution in [2.75, 3.05) is 27.2 Å².